The lowest BCUT2D eigenvalue weighted by atomic mass is 10.0. The lowest BCUT2D eigenvalue weighted by Crippen LogP contribution is -2.31. The van der Waals surface area contributed by atoms with Crippen molar-refractivity contribution >= 4 is 31.0 Å². The summed E-state index contributed by atoms with van der Waals surface area (Å²) in [6.07, 6.45) is 21.0. The Morgan fingerprint density at radius 3 is 1.61 bits per heavy atom. The van der Waals surface area contributed by atoms with Gasteiger partial charge in [-0.3, -0.25) is 13.9 Å². The molecule has 0 amide bonds. The summed E-state index contributed by atoms with van der Waals surface area (Å²) >= 11 is 11.5. The number of phosphoric ester groups is 1. The zero-order valence-corrected chi connectivity index (χ0v) is 26.8. The van der Waals surface area contributed by atoms with Crippen LogP contribution in [0.25, 0.3) is 0 Å². The predicted octanol–water partition coefficient (Wildman–Crippen LogP) is 8.19. The van der Waals surface area contributed by atoms with Gasteiger partial charge in [0.2, 0.25) is 0 Å². The van der Waals surface area contributed by atoms with Gasteiger partial charge >= 0.3 is 7.82 Å². The standard InChI is InChI=1S/C28H58Cl2NO6P/c1-3-4-5-6-7-8-9-10-11-12-13-14-15-16-17-18-24-35-26-28(34-2)27-37-38(32,33)36-25-23-31(21-19-29)22-20-30/h28H,3-27H2,1-2H3,(H,32,33)/t28-/m1/s1. The Morgan fingerprint density at radius 2 is 1.16 bits per heavy atom. The van der Waals surface area contributed by atoms with Crippen molar-refractivity contribution in [1.29, 1.82) is 0 Å². The Morgan fingerprint density at radius 1 is 0.684 bits per heavy atom. The van der Waals surface area contributed by atoms with Crippen molar-refractivity contribution < 1.29 is 28.0 Å². The van der Waals surface area contributed by atoms with E-state index >= 15 is 0 Å². The Balaban J connectivity index is 3.59. The van der Waals surface area contributed by atoms with Crippen LogP contribution in [0.5, 0.6) is 0 Å². The topological polar surface area (TPSA) is 77.5 Å². The van der Waals surface area contributed by atoms with Gasteiger partial charge in [-0.25, -0.2) is 4.57 Å². The summed E-state index contributed by atoms with van der Waals surface area (Å²) in [7, 11) is -2.63. The molecule has 0 aliphatic rings. The van der Waals surface area contributed by atoms with Gasteiger partial charge in [-0.1, -0.05) is 103 Å². The molecule has 0 bridgehead atoms. The van der Waals surface area contributed by atoms with Gasteiger partial charge in [0, 0.05) is 45.1 Å². The zero-order valence-electron chi connectivity index (χ0n) is 24.4. The molecule has 0 rings (SSSR count). The van der Waals surface area contributed by atoms with E-state index in [1.54, 1.807) is 0 Å². The molecule has 0 saturated carbocycles. The zero-order chi connectivity index (χ0) is 28.2. The van der Waals surface area contributed by atoms with Crippen LogP contribution in [0.2, 0.25) is 0 Å². The molecular weight excluding hydrogens is 548 g/mol. The van der Waals surface area contributed by atoms with Crippen LogP contribution in [0.4, 0.5) is 0 Å². The number of alkyl halides is 2. The summed E-state index contributed by atoms with van der Waals surface area (Å²) in [4.78, 5) is 11.9. The maximum Gasteiger partial charge on any atom is 0.472 e. The van der Waals surface area contributed by atoms with E-state index in [0.29, 0.717) is 44.6 Å². The third kappa shape index (κ3) is 26.8. The van der Waals surface area contributed by atoms with Crippen LogP contribution in [0.1, 0.15) is 110 Å². The average molecular weight is 607 g/mol. The van der Waals surface area contributed by atoms with Gasteiger partial charge in [0.1, 0.15) is 6.10 Å². The molecule has 1 N–H and O–H groups in total. The third-order valence-electron chi connectivity index (χ3n) is 6.67. The SMILES string of the molecule is CCCCCCCCCCCCCCCCCCOC[C@H](COP(=O)(O)OCCN(CCCl)CCCl)OC. The largest absolute Gasteiger partial charge is 0.472 e. The van der Waals surface area contributed by atoms with Crippen molar-refractivity contribution in [3.63, 3.8) is 0 Å². The summed E-state index contributed by atoms with van der Waals surface area (Å²) in [5, 5.41) is 0. The summed E-state index contributed by atoms with van der Waals surface area (Å²) < 4.78 is 33.3. The van der Waals surface area contributed by atoms with Crippen LogP contribution >= 0.6 is 31.0 Å². The molecule has 0 aromatic rings. The van der Waals surface area contributed by atoms with Crippen LogP contribution in [0.15, 0.2) is 0 Å². The van der Waals surface area contributed by atoms with Crippen molar-refractivity contribution in [3.8, 4) is 0 Å². The second-order valence-electron chi connectivity index (χ2n) is 10.1. The Hall–Kier alpha value is 0.570. The van der Waals surface area contributed by atoms with E-state index in [4.69, 9.17) is 41.7 Å². The molecule has 1 unspecified atom stereocenters. The molecular formula is C28H58Cl2NO6P. The molecule has 0 aliphatic heterocycles. The van der Waals surface area contributed by atoms with E-state index < -0.39 is 13.9 Å². The van der Waals surface area contributed by atoms with Crippen molar-refractivity contribution in [2.24, 2.45) is 0 Å². The number of unbranched alkanes of at least 4 members (excludes halogenated alkanes) is 15. The first kappa shape index (κ1) is 38.6. The minimum Gasteiger partial charge on any atom is -0.379 e. The number of rotatable bonds is 31. The van der Waals surface area contributed by atoms with E-state index in [2.05, 4.69) is 6.92 Å². The molecule has 38 heavy (non-hydrogen) atoms. The second-order valence-corrected chi connectivity index (χ2v) is 12.3. The molecule has 0 radical (unpaired) electrons. The van der Waals surface area contributed by atoms with Gasteiger partial charge < -0.3 is 14.4 Å². The highest BCUT2D eigenvalue weighted by Gasteiger charge is 2.23. The van der Waals surface area contributed by atoms with Gasteiger partial charge in [-0.05, 0) is 6.42 Å². The van der Waals surface area contributed by atoms with Crippen molar-refractivity contribution in [2.45, 2.75) is 116 Å². The minimum atomic E-state index is -4.16. The number of hydrogen-bond acceptors (Lipinski definition) is 6. The first-order valence-corrected chi connectivity index (χ1v) is 17.6. The summed E-state index contributed by atoms with van der Waals surface area (Å²) in [6, 6.07) is 0. The molecule has 230 valence electrons. The van der Waals surface area contributed by atoms with Crippen molar-refractivity contribution in [2.75, 3.05) is 64.9 Å². The number of methoxy groups -OCH3 is 1. The van der Waals surface area contributed by atoms with Gasteiger partial charge in [0.25, 0.3) is 0 Å². The number of nitrogens with zero attached hydrogens (tertiary/aromatic N) is 1. The lowest BCUT2D eigenvalue weighted by molar-refractivity contribution is -0.0223. The van der Waals surface area contributed by atoms with E-state index in [0.717, 1.165) is 12.8 Å². The van der Waals surface area contributed by atoms with E-state index in [9.17, 15) is 9.46 Å². The molecule has 0 aromatic heterocycles. The molecule has 2 atom stereocenters. The molecule has 0 fully saturated rings. The van der Waals surface area contributed by atoms with Crippen molar-refractivity contribution in [1.82, 2.24) is 4.90 Å². The van der Waals surface area contributed by atoms with Crippen LogP contribution in [-0.4, -0.2) is 80.8 Å². The quantitative estimate of drug-likeness (QED) is 0.0484. The predicted molar refractivity (Wildman–Crippen MR) is 161 cm³/mol. The highest BCUT2D eigenvalue weighted by atomic mass is 35.5. The summed E-state index contributed by atoms with van der Waals surface area (Å²) in [6.45, 7) is 4.94. The lowest BCUT2D eigenvalue weighted by Gasteiger charge is -2.21. The first-order chi connectivity index (χ1) is 18.5. The van der Waals surface area contributed by atoms with E-state index in [1.165, 1.54) is 97.0 Å². The summed E-state index contributed by atoms with van der Waals surface area (Å²) in [5.41, 5.74) is 0. The fraction of sp³-hybridized carbons (Fsp3) is 1.00. The number of ether oxygens (including phenoxy) is 2. The normalized spacial score (nSPS) is 14.3. The van der Waals surface area contributed by atoms with Gasteiger partial charge in [-0.15, -0.1) is 23.2 Å². The number of hydrogen-bond donors (Lipinski definition) is 1. The van der Waals surface area contributed by atoms with Gasteiger partial charge in [0.15, 0.2) is 0 Å². The molecule has 0 heterocycles. The van der Waals surface area contributed by atoms with Crippen LogP contribution in [0, 0.1) is 0 Å². The molecule has 10 heteroatoms. The molecule has 7 nitrogen and oxygen atoms in total. The fourth-order valence-corrected chi connectivity index (χ4v) is 5.45. The smallest absolute Gasteiger partial charge is 0.379 e. The fourth-order valence-electron chi connectivity index (χ4n) is 4.23. The van der Waals surface area contributed by atoms with Gasteiger partial charge in [0.05, 0.1) is 19.8 Å². The van der Waals surface area contributed by atoms with E-state index in [-0.39, 0.29) is 13.2 Å². The highest BCUT2D eigenvalue weighted by Crippen LogP contribution is 2.43. The maximum absolute atomic E-state index is 12.1. The molecule has 0 aliphatic carbocycles. The number of phosphoric acid groups is 1. The number of halogens is 2. The average Bonchev–Trinajstić information content (AvgIpc) is 2.89. The second kappa shape index (κ2) is 29.1. The van der Waals surface area contributed by atoms with Crippen LogP contribution in [-0.2, 0) is 23.1 Å². The Labute approximate surface area is 244 Å². The van der Waals surface area contributed by atoms with Crippen LogP contribution < -0.4 is 0 Å². The van der Waals surface area contributed by atoms with Crippen molar-refractivity contribution in [3.05, 3.63) is 0 Å². The Kier molecular flexibility index (Phi) is 29.5. The molecule has 0 aromatic carbocycles. The van der Waals surface area contributed by atoms with Gasteiger partial charge in [-0.2, -0.15) is 0 Å². The first-order valence-electron chi connectivity index (χ1n) is 15.1. The minimum absolute atomic E-state index is 0.0506. The molecule has 0 saturated heterocycles. The van der Waals surface area contributed by atoms with Crippen LogP contribution in [0.3, 0.4) is 0 Å². The Bertz CT molecular complexity index is 530. The summed E-state index contributed by atoms with van der Waals surface area (Å²) in [5.74, 6) is 0.915. The monoisotopic (exact) mass is 605 g/mol. The maximum atomic E-state index is 12.1. The third-order valence-corrected chi connectivity index (χ3v) is 7.99. The van der Waals surface area contributed by atoms with E-state index in [1.807, 2.05) is 4.90 Å². The highest BCUT2D eigenvalue weighted by molar-refractivity contribution is 7.47. The molecule has 0 spiro atoms.